The van der Waals surface area contributed by atoms with Crippen LogP contribution in [0.15, 0.2) is 36.4 Å². The van der Waals surface area contributed by atoms with Crippen molar-refractivity contribution in [1.29, 1.82) is 0 Å². The Morgan fingerprint density at radius 1 is 0.923 bits per heavy atom. The van der Waals surface area contributed by atoms with E-state index >= 15 is 0 Å². The first-order valence-electron chi connectivity index (χ1n) is 7.55. The normalized spacial score (nSPS) is 11.0. The molecule has 0 radical (unpaired) electrons. The van der Waals surface area contributed by atoms with Gasteiger partial charge in [-0.2, -0.15) is 13.2 Å². The van der Waals surface area contributed by atoms with Gasteiger partial charge in [-0.15, -0.1) is 0 Å². The van der Waals surface area contributed by atoms with E-state index in [1.807, 2.05) is 0 Å². The highest BCUT2D eigenvalue weighted by Crippen LogP contribution is 2.39. The van der Waals surface area contributed by atoms with Crippen LogP contribution in [0.5, 0.6) is 17.2 Å². The molecule has 1 N–H and O–H groups in total. The number of benzene rings is 2. The van der Waals surface area contributed by atoms with Gasteiger partial charge in [-0.05, 0) is 29.8 Å². The van der Waals surface area contributed by atoms with Crippen LogP contribution >= 0.6 is 0 Å². The first kappa shape index (κ1) is 19.4. The van der Waals surface area contributed by atoms with Gasteiger partial charge in [0.05, 0.1) is 32.5 Å². The maximum absolute atomic E-state index is 12.6. The van der Waals surface area contributed by atoms with Gasteiger partial charge in [0.15, 0.2) is 11.5 Å². The molecule has 5 nitrogen and oxygen atoms in total. The summed E-state index contributed by atoms with van der Waals surface area (Å²) in [5.41, 5.74) is 0.0111. The standard InChI is InChI=1S/C18H18F3NO4/c1-24-14-9-8-13(15(25-2)16(14)26-3)17(23)22-10-11-4-6-12(7-5-11)18(19,20)21/h4-9H,10H2,1-3H3,(H,22,23). The molecule has 2 rings (SSSR count). The molecule has 140 valence electrons. The summed E-state index contributed by atoms with van der Waals surface area (Å²) in [5.74, 6) is 0.431. The van der Waals surface area contributed by atoms with E-state index < -0.39 is 17.6 Å². The van der Waals surface area contributed by atoms with E-state index in [-0.39, 0.29) is 23.6 Å². The molecule has 0 aliphatic heterocycles. The molecule has 0 aromatic heterocycles. The lowest BCUT2D eigenvalue weighted by atomic mass is 10.1. The largest absolute Gasteiger partial charge is 0.493 e. The molecular formula is C18H18F3NO4. The molecule has 0 heterocycles. The Kier molecular flexibility index (Phi) is 5.97. The molecule has 2 aromatic carbocycles. The number of methoxy groups -OCH3 is 3. The van der Waals surface area contributed by atoms with Crippen molar-refractivity contribution in [3.05, 3.63) is 53.1 Å². The van der Waals surface area contributed by atoms with Gasteiger partial charge >= 0.3 is 6.18 Å². The first-order valence-corrected chi connectivity index (χ1v) is 7.55. The molecule has 0 aliphatic rings. The zero-order valence-corrected chi connectivity index (χ0v) is 14.4. The van der Waals surface area contributed by atoms with Gasteiger partial charge in [-0.3, -0.25) is 4.79 Å². The van der Waals surface area contributed by atoms with Gasteiger partial charge in [0.2, 0.25) is 5.75 Å². The van der Waals surface area contributed by atoms with Crippen LogP contribution in [0, 0.1) is 0 Å². The highest BCUT2D eigenvalue weighted by atomic mass is 19.4. The van der Waals surface area contributed by atoms with Crippen LogP contribution in [0.1, 0.15) is 21.5 Å². The lowest BCUT2D eigenvalue weighted by Crippen LogP contribution is -2.23. The molecule has 0 aliphatic carbocycles. The van der Waals surface area contributed by atoms with Gasteiger partial charge in [0, 0.05) is 6.54 Å². The fourth-order valence-corrected chi connectivity index (χ4v) is 2.37. The fourth-order valence-electron chi connectivity index (χ4n) is 2.37. The van der Waals surface area contributed by atoms with E-state index in [1.54, 1.807) is 6.07 Å². The van der Waals surface area contributed by atoms with Crippen LogP contribution in [0.2, 0.25) is 0 Å². The zero-order valence-electron chi connectivity index (χ0n) is 14.4. The Morgan fingerprint density at radius 2 is 1.54 bits per heavy atom. The quantitative estimate of drug-likeness (QED) is 0.844. The van der Waals surface area contributed by atoms with E-state index in [4.69, 9.17) is 14.2 Å². The molecule has 2 aromatic rings. The fraction of sp³-hybridized carbons (Fsp3) is 0.278. The molecule has 0 spiro atoms. The Balaban J connectivity index is 2.15. The molecule has 0 bridgehead atoms. The highest BCUT2D eigenvalue weighted by Gasteiger charge is 2.30. The molecule has 0 atom stereocenters. The minimum atomic E-state index is -4.39. The van der Waals surface area contributed by atoms with Crippen molar-refractivity contribution in [2.75, 3.05) is 21.3 Å². The number of carbonyl (C=O) groups excluding carboxylic acids is 1. The number of hydrogen-bond acceptors (Lipinski definition) is 4. The molecule has 8 heteroatoms. The second-order valence-electron chi connectivity index (χ2n) is 5.26. The number of carbonyl (C=O) groups is 1. The van der Waals surface area contributed by atoms with Gasteiger partial charge < -0.3 is 19.5 Å². The number of nitrogens with one attached hydrogen (secondary N) is 1. The Labute approximate surface area is 148 Å². The molecule has 0 saturated heterocycles. The predicted molar refractivity (Wildman–Crippen MR) is 88.7 cm³/mol. The lowest BCUT2D eigenvalue weighted by molar-refractivity contribution is -0.137. The van der Waals surface area contributed by atoms with Crippen molar-refractivity contribution in [1.82, 2.24) is 5.32 Å². The summed E-state index contributed by atoms with van der Waals surface area (Å²) >= 11 is 0. The molecule has 26 heavy (non-hydrogen) atoms. The summed E-state index contributed by atoms with van der Waals surface area (Å²) in [6, 6.07) is 7.65. The average Bonchev–Trinajstić information content (AvgIpc) is 2.64. The van der Waals surface area contributed by atoms with Crippen molar-refractivity contribution < 1.29 is 32.2 Å². The highest BCUT2D eigenvalue weighted by molar-refractivity contribution is 5.98. The van der Waals surface area contributed by atoms with Crippen LogP contribution in [0.4, 0.5) is 13.2 Å². The number of rotatable bonds is 6. The number of alkyl halides is 3. The van der Waals surface area contributed by atoms with Crippen molar-refractivity contribution in [3.63, 3.8) is 0 Å². The van der Waals surface area contributed by atoms with E-state index in [1.165, 1.54) is 39.5 Å². The minimum Gasteiger partial charge on any atom is -0.493 e. The first-order chi connectivity index (χ1) is 12.3. The second kappa shape index (κ2) is 7.99. The monoisotopic (exact) mass is 369 g/mol. The topological polar surface area (TPSA) is 56.8 Å². The Hall–Kier alpha value is -2.90. The molecule has 0 fully saturated rings. The average molecular weight is 369 g/mol. The van der Waals surface area contributed by atoms with Gasteiger partial charge in [0.25, 0.3) is 5.91 Å². The Bertz CT molecular complexity index is 773. The summed E-state index contributed by atoms with van der Waals surface area (Å²) in [5, 5.41) is 2.64. The van der Waals surface area contributed by atoms with Crippen LogP contribution < -0.4 is 19.5 Å². The third-order valence-corrected chi connectivity index (χ3v) is 3.68. The summed E-state index contributed by atoms with van der Waals surface area (Å²) in [6.45, 7) is 0.0640. The third-order valence-electron chi connectivity index (χ3n) is 3.68. The smallest absolute Gasteiger partial charge is 0.416 e. The van der Waals surface area contributed by atoms with Gasteiger partial charge in [-0.1, -0.05) is 12.1 Å². The van der Waals surface area contributed by atoms with Crippen LogP contribution in [-0.4, -0.2) is 27.2 Å². The van der Waals surface area contributed by atoms with Crippen molar-refractivity contribution in [3.8, 4) is 17.2 Å². The minimum absolute atomic E-state index is 0.0640. The van der Waals surface area contributed by atoms with Crippen LogP contribution in [0.25, 0.3) is 0 Å². The predicted octanol–water partition coefficient (Wildman–Crippen LogP) is 3.66. The lowest BCUT2D eigenvalue weighted by Gasteiger charge is -2.15. The zero-order chi connectivity index (χ0) is 19.3. The maximum atomic E-state index is 12.6. The SMILES string of the molecule is COc1ccc(C(=O)NCc2ccc(C(F)(F)F)cc2)c(OC)c1OC. The number of ether oxygens (including phenoxy) is 3. The molecule has 0 saturated carbocycles. The number of hydrogen-bond donors (Lipinski definition) is 1. The number of halogens is 3. The molecule has 1 amide bonds. The molecule has 0 unspecified atom stereocenters. The second-order valence-corrected chi connectivity index (χ2v) is 5.26. The van der Waals surface area contributed by atoms with Gasteiger partial charge in [0.1, 0.15) is 0 Å². The summed E-state index contributed by atoms with van der Waals surface area (Å²) in [7, 11) is 4.27. The summed E-state index contributed by atoms with van der Waals surface area (Å²) in [4.78, 5) is 12.4. The van der Waals surface area contributed by atoms with Crippen molar-refractivity contribution >= 4 is 5.91 Å². The number of amides is 1. The van der Waals surface area contributed by atoms with Crippen LogP contribution in [0.3, 0.4) is 0 Å². The third kappa shape index (κ3) is 4.19. The molecular weight excluding hydrogens is 351 g/mol. The van der Waals surface area contributed by atoms with Crippen molar-refractivity contribution in [2.24, 2.45) is 0 Å². The van der Waals surface area contributed by atoms with Crippen LogP contribution in [-0.2, 0) is 12.7 Å². The maximum Gasteiger partial charge on any atom is 0.416 e. The van der Waals surface area contributed by atoms with E-state index in [0.29, 0.717) is 11.3 Å². The summed E-state index contributed by atoms with van der Waals surface area (Å²) in [6.07, 6.45) is -4.39. The van der Waals surface area contributed by atoms with E-state index in [9.17, 15) is 18.0 Å². The van der Waals surface area contributed by atoms with Crippen molar-refractivity contribution in [2.45, 2.75) is 12.7 Å². The van der Waals surface area contributed by atoms with E-state index in [0.717, 1.165) is 12.1 Å². The van der Waals surface area contributed by atoms with Gasteiger partial charge in [-0.25, -0.2) is 0 Å². The Morgan fingerprint density at radius 3 is 2.04 bits per heavy atom. The van der Waals surface area contributed by atoms with E-state index in [2.05, 4.69) is 5.32 Å². The summed E-state index contributed by atoms with van der Waals surface area (Å²) < 4.78 is 53.3.